The number of hydrogen-bond donors (Lipinski definition) is 0. The molecule has 4 amide bonds. The minimum absolute atomic E-state index is 0.309. The Morgan fingerprint density at radius 1 is 0.645 bits per heavy atom. The van der Waals surface area contributed by atoms with Gasteiger partial charge in [-0.2, -0.15) is 0 Å². The first kappa shape index (κ1) is 18.7. The van der Waals surface area contributed by atoms with E-state index in [-0.39, 0.29) is 23.6 Å². The summed E-state index contributed by atoms with van der Waals surface area (Å²) in [6.45, 7) is 0. The number of para-hydroxylation sites is 2. The van der Waals surface area contributed by atoms with Crippen molar-refractivity contribution >= 4 is 50.9 Å². The van der Waals surface area contributed by atoms with Crippen LogP contribution in [0, 0.1) is 29.6 Å². The van der Waals surface area contributed by atoms with E-state index >= 15 is 0 Å². The summed E-state index contributed by atoms with van der Waals surface area (Å²) >= 11 is 3.70. The number of benzene rings is 2. The van der Waals surface area contributed by atoms with Gasteiger partial charge in [-0.25, -0.2) is 9.80 Å². The number of amides is 4. The minimum Gasteiger partial charge on any atom is -0.274 e. The minimum atomic E-state index is -1.08. The Balaban J connectivity index is 1.46. The molecule has 2 bridgehead atoms. The average Bonchev–Trinajstić information content (AvgIpc) is 3.22. The molecule has 154 valence electrons. The Hall–Kier alpha value is -3.06. The van der Waals surface area contributed by atoms with E-state index in [1.165, 1.54) is 9.80 Å². The molecule has 0 spiro atoms. The molecule has 7 rings (SSSR count). The zero-order valence-corrected chi connectivity index (χ0v) is 17.8. The second-order valence-electron chi connectivity index (χ2n) is 8.47. The Labute approximate surface area is 186 Å². The van der Waals surface area contributed by atoms with E-state index in [0.29, 0.717) is 11.4 Å². The van der Waals surface area contributed by atoms with Crippen molar-refractivity contribution in [3.8, 4) is 0 Å². The van der Waals surface area contributed by atoms with Crippen molar-refractivity contribution < 1.29 is 19.2 Å². The highest BCUT2D eigenvalue weighted by atomic mass is 79.9. The van der Waals surface area contributed by atoms with Crippen molar-refractivity contribution in [3.63, 3.8) is 0 Å². The van der Waals surface area contributed by atoms with Crippen LogP contribution >= 0.6 is 15.9 Å². The van der Waals surface area contributed by atoms with Crippen LogP contribution in [0.25, 0.3) is 0 Å². The highest BCUT2D eigenvalue weighted by molar-refractivity contribution is 9.10. The van der Waals surface area contributed by atoms with Crippen LogP contribution in [0.3, 0.4) is 0 Å². The average molecular weight is 477 g/mol. The summed E-state index contributed by atoms with van der Waals surface area (Å²) in [5.74, 6) is -4.59. The van der Waals surface area contributed by atoms with Gasteiger partial charge in [0.15, 0.2) is 0 Å². The first-order chi connectivity index (χ1) is 14.9. The number of hydrogen-bond acceptors (Lipinski definition) is 4. The molecule has 6 nitrogen and oxygen atoms in total. The zero-order valence-electron chi connectivity index (χ0n) is 16.2. The molecule has 4 unspecified atom stereocenters. The lowest BCUT2D eigenvalue weighted by atomic mass is 9.54. The van der Waals surface area contributed by atoms with Gasteiger partial charge in [-0.05, 0) is 24.3 Å². The number of carbonyl (C=O) groups is 4. The van der Waals surface area contributed by atoms with E-state index in [4.69, 9.17) is 0 Å². The summed E-state index contributed by atoms with van der Waals surface area (Å²) < 4.78 is -1.08. The van der Waals surface area contributed by atoms with Gasteiger partial charge in [-0.15, -0.1) is 0 Å². The second kappa shape index (κ2) is 6.23. The largest absolute Gasteiger partial charge is 0.274 e. The molecule has 5 aliphatic rings. The molecule has 2 heterocycles. The summed E-state index contributed by atoms with van der Waals surface area (Å²) in [6, 6.07) is 17.6. The third-order valence-corrected chi connectivity index (χ3v) is 8.34. The van der Waals surface area contributed by atoms with Crippen molar-refractivity contribution in [3.05, 3.63) is 72.8 Å². The first-order valence-electron chi connectivity index (χ1n) is 10.2. The molecule has 3 aliphatic carbocycles. The molecule has 0 radical (unpaired) electrons. The number of imide groups is 2. The Kier molecular flexibility index (Phi) is 3.76. The van der Waals surface area contributed by atoms with Crippen molar-refractivity contribution in [2.45, 2.75) is 4.32 Å². The second-order valence-corrected chi connectivity index (χ2v) is 9.84. The monoisotopic (exact) mass is 476 g/mol. The number of halogens is 1. The van der Waals surface area contributed by atoms with Gasteiger partial charge >= 0.3 is 0 Å². The zero-order chi connectivity index (χ0) is 21.5. The van der Waals surface area contributed by atoms with Gasteiger partial charge in [0.2, 0.25) is 23.6 Å². The normalized spacial score (nSPS) is 35.7. The summed E-state index contributed by atoms with van der Waals surface area (Å²) in [5, 5.41) is 0. The standard InChI is InChI=1S/C24H17BrN2O4/c25-24-12-11-15(16-18(24)22(30)26(20(16)28)13-7-3-1-4-8-13)17-19(24)23(31)27(21(17)29)14-9-5-2-6-10-14/h1-12,15-19H. The summed E-state index contributed by atoms with van der Waals surface area (Å²) in [7, 11) is 0. The molecule has 2 aliphatic heterocycles. The van der Waals surface area contributed by atoms with Crippen LogP contribution in [-0.2, 0) is 19.2 Å². The fraction of sp³-hybridized carbons (Fsp3) is 0.250. The van der Waals surface area contributed by atoms with Gasteiger partial charge in [0, 0.05) is 5.92 Å². The summed E-state index contributed by atoms with van der Waals surface area (Å²) in [4.78, 5) is 56.4. The Bertz CT molecular complexity index is 1100. The van der Waals surface area contributed by atoms with Gasteiger partial charge in [-0.3, -0.25) is 19.2 Å². The van der Waals surface area contributed by atoms with Crippen LogP contribution in [0.15, 0.2) is 72.8 Å². The van der Waals surface area contributed by atoms with Crippen molar-refractivity contribution in [1.29, 1.82) is 0 Å². The SMILES string of the molecule is O=C1C2C3C=CC(Br)(C2C(=O)N1c1ccccc1)C1C(=O)N(c2ccccc2)C(=O)C31. The fourth-order valence-corrected chi connectivity index (χ4v) is 6.99. The molecular weight excluding hydrogens is 460 g/mol. The Morgan fingerprint density at radius 3 is 1.48 bits per heavy atom. The molecule has 2 aromatic rings. The molecule has 1 saturated carbocycles. The molecule has 3 fully saturated rings. The predicted molar refractivity (Wildman–Crippen MR) is 116 cm³/mol. The number of nitrogens with zero attached hydrogens (tertiary/aromatic N) is 2. The lowest BCUT2D eigenvalue weighted by Gasteiger charge is -2.49. The molecule has 2 saturated heterocycles. The van der Waals surface area contributed by atoms with E-state index in [0.717, 1.165) is 0 Å². The van der Waals surface area contributed by atoms with E-state index in [1.54, 1.807) is 48.5 Å². The third kappa shape index (κ3) is 2.22. The van der Waals surface area contributed by atoms with Crippen molar-refractivity contribution in [2.75, 3.05) is 9.80 Å². The lowest BCUT2D eigenvalue weighted by molar-refractivity contribution is -0.135. The lowest BCUT2D eigenvalue weighted by Crippen LogP contribution is -2.59. The number of anilines is 2. The van der Waals surface area contributed by atoms with Gasteiger partial charge in [0.1, 0.15) is 0 Å². The number of carbonyl (C=O) groups excluding carboxylic acids is 4. The molecule has 2 aromatic carbocycles. The highest BCUT2D eigenvalue weighted by Crippen LogP contribution is 2.63. The van der Waals surface area contributed by atoms with Crippen molar-refractivity contribution in [1.82, 2.24) is 0 Å². The molecule has 0 aromatic heterocycles. The highest BCUT2D eigenvalue weighted by Gasteiger charge is 2.74. The van der Waals surface area contributed by atoms with Gasteiger partial charge in [0.05, 0.1) is 39.4 Å². The topological polar surface area (TPSA) is 74.8 Å². The van der Waals surface area contributed by atoms with Gasteiger partial charge < -0.3 is 0 Å². The van der Waals surface area contributed by atoms with E-state index < -0.39 is 33.9 Å². The van der Waals surface area contributed by atoms with Crippen LogP contribution in [0.5, 0.6) is 0 Å². The summed E-state index contributed by atoms with van der Waals surface area (Å²) in [6.07, 6.45) is 3.66. The summed E-state index contributed by atoms with van der Waals surface area (Å²) in [5.41, 5.74) is 1.02. The number of allylic oxidation sites excluding steroid dienone is 2. The van der Waals surface area contributed by atoms with Crippen LogP contribution in [0.4, 0.5) is 11.4 Å². The fourth-order valence-electron chi connectivity index (χ4n) is 5.87. The quantitative estimate of drug-likeness (QED) is 0.379. The predicted octanol–water partition coefficient (Wildman–Crippen LogP) is 2.93. The molecular formula is C24H17BrN2O4. The maximum absolute atomic E-state index is 13.5. The maximum Gasteiger partial charge on any atom is 0.239 e. The van der Waals surface area contributed by atoms with E-state index in [2.05, 4.69) is 15.9 Å². The van der Waals surface area contributed by atoms with Gasteiger partial charge in [-0.1, -0.05) is 64.5 Å². The number of rotatable bonds is 2. The van der Waals surface area contributed by atoms with Crippen LogP contribution in [-0.4, -0.2) is 28.0 Å². The Morgan fingerprint density at radius 2 is 1.06 bits per heavy atom. The third-order valence-electron chi connectivity index (χ3n) is 7.09. The van der Waals surface area contributed by atoms with E-state index in [1.807, 2.05) is 24.3 Å². The maximum atomic E-state index is 13.5. The molecule has 0 N–H and O–H groups in total. The van der Waals surface area contributed by atoms with Crippen LogP contribution < -0.4 is 9.80 Å². The van der Waals surface area contributed by atoms with Crippen molar-refractivity contribution in [2.24, 2.45) is 29.6 Å². The molecule has 31 heavy (non-hydrogen) atoms. The van der Waals surface area contributed by atoms with Crippen LogP contribution in [0.2, 0.25) is 0 Å². The smallest absolute Gasteiger partial charge is 0.239 e. The first-order valence-corrected chi connectivity index (χ1v) is 11.0. The molecule has 4 atom stereocenters. The van der Waals surface area contributed by atoms with Crippen LogP contribution in [0.1, 0.15) is 0 Å². The number of alkyl halides is 1. The molecule has 7 heteroatoms. The van der Waals surface area contributed by atoms with Gasteiger partial charge in [0.25, 0.3) is 0 Å². The van der Waals surface area contributed by atoms with E-state index in [9.17, 15) is 19.2 Å².